The van der Waals surface area contributed by atoms with Gasteiger partial charge in [0.2, 0.25) is 6.29 Å². The van der Waals surface area contributed by atoms with Crippen molar-refractivity contribution in [2.45, 2.75) is 53.8 Å². The lowest BCUT2D eigenvalue weighted by Gasteiger charge is -2.18. The van der Waals surface area contributed by atoms with Crippen molar-refractivity contribution in [3.8, 4) is 0 Å². The van der Waals surface area contributed by atoms with Crippen LogP contribution < -0.4 is 0 Å². The second kappa shape index (κ2) is 7.25. The molecule has 16 heavy (non-hydrogen) atoms. The third-order valence-corrected chi connectivity index (χ3v) is 2.35. The number of carbonyl (C=O) groups excluding carboxylic acids is 2. The molecule has 0 spiro atoms. The molecule has 0 amide bonds. The zero-order valence-corrected chi connectivity index (χ0v) is 10.8. The molecule has 0 saturated carbocycles. The van der Waals surface area contributed by atoms with Crippen LogP contribution in [0.3, 0.4) is 0 Å². The molecule has 0 aliphatic rings. The highest BCUT2D eigenvalue weighted by molar-refractivity contribution is 5.73. The van der Waals surface area contributed by atoms with Crippen molar-refractivity contribution >= 4 is 11.9 Å². The van der Waals surface area contributed by atoms with Crippen LogP contribution in [0.15, 0.2) is 0 Å². The van der Waals surface area contributed by atoms with Gasteiger partial charge in [0.1, 0.15) is 0 Å². The van der Waals surface area contributed by atoms with Gasteiger partial charge < -0.3 is 9.47 Å². The summed E-state index contributed by atoms with van der Waals surface area (Å²) in [5.41, 5.74) is 0. The Balaban J connectivity index is 4.09. The van der Waals surface area contributed by atoms with Crippen LogP contribution in [0.25, 0.3) is 0 Å². The first-order valence-corrected chi connectivity index (χ1v) is 5.83. The molecule has 1 unspecified atom stereocenters. The molecule has 94 valence electrons. The predicted molar refractivity (Wildman–Crippen MR) is 60.6 cm³/mol. The molecule has 0 aromatic carbocycles. The van der Waals surface area contributed by atoms with E-state index in [1.165, 1.54) is 0 Å². The van der Waals surface area contributed by atoms with Gasteiger partial charge in [0.15, 0.2) is 0 Å². The minimum absolute atomic E-state index is 0.111. The summed E-state index contributed by atoms with van der Waals surface area (Å²) in [5.74, 6) is -0.978. The third kappa shape index (κ3) is 5.14. The number of carbonyl (C=O) groups is 2. The third-order valence-electron chi connectivity index (χ3n) is 2.35. The summed E-state index contributed by atoms with van der Waals surface area (Å²) >= 11 is 0. The second-order valence-corrected chi connectivity index (χ2v) is 4.11. The first kappa shape index (κ1) is 14.9. The molecule has 0 aromatic rings. The average molecular weight is 230 g/mol. The molecule has 4 nitrogen and oxygen atoms in total. The van der Waals surface area contributed by atoms with E-state index in [1.54, 1.807) is 20.8 Å². The molecule has 4 heteroatoms. The van der Waals surface area contributed by atoms with Crippen LogP contribution in [0.2, 0.25) is 0 Å². The molecular weight excluding hydrogens is 208 g/mol. The Labute approximate surface area is 97.3 Å². The topological polar surface area (TPSA) is 52.6 Å². The molecule has 0 radical (unpaired) electrons. The van der Waals surface area contributed by atoms with E-state index in [-0.39, 0.29) is 23.8 Å². The molecule has 0 rings (SSSR count). The summed E-state index contributed by atoms with van der Waals surface area (Å²) in [4.78, 5) is 22.8. The summed E-state index contributed by atoms with van der Waals surface area (Å²) in [6.45, 7) is 8.89. The largest absolute Gasteiger partial charge is 0.425 e. The van der Waals surface area contributed by atoms with Crippen molar-refractivity contribution in [3.63, 3.8) is 0 Å². The summed E-state index contributed by atoms with van der Waals surface area (Å²) in [5, 5.41) is 0. The highest BCUT2D eigenvalue weighted by Crippen LogP contribution is 2.12. The zero-order valence-electron chi connectivity index (χ0n) is 10.8. The van der Waals surface area contributed by atoms with E-state index in [0.717, 1.165) is 12.8 Å². The number of hydrogen-bond donors (Lipinski definition) is 0. The molecule has 0 saturated heterocycles. The number of esters is 2. The lowest BCUT2D eigenvalue weighted by Crippen LogP contribution is -2.27. The van der Waals surface area contributed by atoms with Gasteiger partial charge in [0.25, 0.3) is 0 Å². The smallest absolute Gasteiger partial charge is 0.311 e. The molecule has 0 bridgehead atoms. The summed E-state index contributed by atoms with van der Waals surface area (Å²) in [6, 6.07) is 0. The molecule has 0 aliphatic heterocycles. The van der Waals surface area contributed by atoms with Gasteiger partial charge in [0.05, 0.1) is 11.8 Å². The fourth-order valence-corrected chi connectivity index (χ4v) is 1.21. The van der Waals surface area contributed by atoms with Crippen LogP contribution in [-0.4, -0.2) is 18.2 Å². The zero-order chi connectivity index (χ0) is 12.7. The van der Waals surface area contributed by atoms with Crippen molar-refractivity contribution in [2.75, 3.05) is 0 Å². The Morgan fingerprint density at radius 2 is 1.38 bits per heavy atom. The summed E-state index contributed by atoms with van der Waals surface area (Å²) in [6.07, 6.45) is 0.670. The van der Waals surface area contributed by atoms with Crippen molar-refractivity contribution in [1.29, 1.82) is 0 Å². The Morgan fingerprint density at radius 1 is 0.938 bits per heavy atom. The lowest BCUT2D eigenvalue weighted by atomic mass is 10.0. The Morgan fingerprint density at radius 3 is 1.75 bits per heavy atom. The standard InChI is InChI=1S/C12H22O4/c1-6-10(7-2)12(14)16-9(5)15-11(13)8(3)4/h8-10H,6-7H2,1-5H3. The average Bonchev–Trinajstić information content (AvgIpc) is 2.18. The first-order valence-electron chi connectivity index (χ1n) is 5.83. The monoisotopic (exact) mass is 230 g/mol. The van der Waals surface area contributed by atoms with Crippen LogP contribution in [0.4, 0.5) is 0 Å². The Bertz CT molecular complexity index is 231. The highest BCUT2D eigenvalue weighted by atomic mass is 16.7. The molecule has 0 aliphatic carbocycles. The van der Waals surface area contributed by atoms with Crippen LogP contribution >= 0.6 is 0 Å². The minimum atomic E-state index is -0.803. The van der Waals surface area contributed by atoms with Gasteiger partial charge in [-0.05, 0) is 12.8 Å². The van der Waals surface area contributed by atoms with Gasteiger partial charge in [-0.1, -0.05) is 27.7 Å². The van der Waals surface area contributed by atoms with Gasteiger partial charge in [-0.25, -0.2) is 0 Å². The lowest BCUT2D eigenvalue weighted by molar-refractivity contribution is -0.189. The molecule has 0 aromatic heterocycles. The fourth-order valence-electron chi connectivity index (χ4n) is 1.21. The van der Waals surface area contributed by atoms with Crippen LogP contribution in [0, 0.1) is 11.8 Å². The first-order chi connectivity index (χ1) is 7.42. The normalized spacial score (nSPS) is 12.7. The summed E-state index contributed by atoms with van der Waals surface area (Å²) in [7, 11) is 0. The van der Waals surface area contributed by atoms with E-state index >= 15 is 0 Å². The van der Waals surface area contributed by atoms with Crippen LogP contribution in [-0.2, 0) is 19.1 Å². The van der Waals surface area contributed by atoms with Crippen molar-refractivity contribution in [2.24, 2.45) is 11.8 Å². The highest BCUT2D eigenvalue weighted by Gasteiger charge is 2.21. The number of hydrogen-bond acceptors (Lipinski definition) is 4. The molecule has 0 N–H and O–H groups in total. The van der Waals surface area contributed by atoms with E-state index in [9.17, 15) is 9.59 Å². The molecule has 1 atom stereocenters. The van der Waals surface area contributed by atoms with E-state index in [4.69, 9.17) is 9.47 Å². The van der Waals surface area contributed by atoms with Gasteiger partial charge in [-0.2, -0.15) is 0 Å². The molecular formula is C12H22O4. The van der Waals surface area contributed by atoms with Crippen LogP contribution in [0.1, 0.15) is 47.5 Å². The molecule has 0 heterocycles. The minimum Gasteiger partial charge on any atom is -0.425 e. The maximum atomic E-state index is 11.6. The predicted octanol–water partition coefficient (Wildman–Crippen LogP) is 2.51. The number of rotatable bonds is 6. The van der Waals surface area contributed by atoms with Gasteiger partial charge >= 0.3 is 11.9 Å². The second-order valence-electron chi connectivity index (χ2n) is 4.11. The Kier molecular flexibility index (Phi) is 6.77. The number of ether oxygens (including phenoxy) is 2. The van der Waals surface area contributed by atoms with E-state index < -0.39 is 6.29 Å². The maximum absolute atomic E-state index is 11.6. The van der Waals surface area contributed by atoms with Crippen LogP contribution in [0.5, 0.6) is 0 Å². The van der Waals surface area contributed by atoms with E-state index in [0.29, 0.717) is 0 Å². The van der Waals surface area contributed by atoms with Crippen molar-refractivity contribution in [3.05, 3.63) is 0 Å². The van der Waals surface area contributed by atoms with E-state index in [2.05, 4.69) is 0 Å². The fraction of sp³-hybridized carbons (Fsp3) is 0.833. The van der Waals surface area contributed by atoms with Gasteiger partial charge in [-0.3, -0.25) is 9.59 Å². The Hall–Kier alpha value is -1.06. The van der Waals surface area contributed by atoms with Gasteiger partial charge in [0, 0.05) is 6.92 Å². The maximum Gasteiger partial charge on any atom is 0.311 e. The quantitative estimate of drug-likeness (QED) is 0.519. The van der Waals surface area contributed by atoms with Crippen molar-refractivity contribution < 1.29 is 19.1 Å². The van der Waals surface area contributed by atoms with Crippen molar-refractivity contribution in [1.82, 2.24) is 0 Å². The SMILES string of the molecule is CCC(CC)C(=O)OC(C)OC(=O)C(C)C. The van der Waals surface area contributed by atoms with Gasteiger partial charge in [-0.15, -0.1) is 0 Å². The summed E-state index contributed by atoms with van der Waals surface area (Å²) < 4.78 is 9.97. The molecule has 0 fully saturated rings. The van der Waals surface area contributed by atoms with E-state index in [1.807, 2.05) is 13.8 Å².